The van der Waals surface area contributed by atoms with Crippen LogP contribution in [0.25, 0.3) is 0 Å². The Morgan fingerprint density at radius 1 is 0.547 bits per heavy atom. The second-order valence-corrected chi connectivity index (χ2v) is 20.0. The number of carbonyl (C=O) groups is 1. The molecular formula is C55H100N2O6P+. The van der Waals surface area contributed by atoms with E-state index in [1.165, 1.54) is 83.5 Å². The Balaban J connectivity index is 4.23. The highest BCUT2D eigenvalue weighted by atomic mass is 31.2. The summed E-state index contributed by atoms with van der Waals surface area (Å²) in [5.41, 5.74) is 0. The average molecular weight is 916 g/mol. The van der Waals surface area contributed by atoms with Crippen LogP contribution in [0.1, 0.15) is 206 Å². The molecule has 3 atom stereocenters. The van der Waals surface area contributed by atoms with Gasteiger partial charge in [-0.15, -0.1) is 0 Å². The van der Waals surface area contributed by atoms with Crippen LogP contribution in [0, 0.1) is 0 Å². The Labute approximate surface area is 395 Å². The van der Waals surface area contributed by atoms with Crippen LogP contribution in [-0.2, 0) is 18.4 Å². The second kappa shape index (κ2) is 45.8. The highest BCUT2D eigenvalue weighted by Crippen LogP contribution is 2.43. The van der Waals surface area contributed by atoms with Crippen LogP contribution >= 0.6 is 7.82 Å². The van der Waals surface area contributed by atoms with Gasteiger partial charge in [0.1, 0.15) is 13.2 Å². The van der Waals surface area contributed by atoms with E-state index in [-0.39, 0.29) is 19.1 Å². The number of hydrogen-bond donors (Lipinski definition) is 3. The molecular weight excluding hydrogens is 816 g/mol. The summed E-state index contributed by atoms with van der Waals surface area (Å²) in [6, 6.07) is -0.771. The summed E-state index contributed by atoms with van der Waals surface area (Å²) in [6.45, 7) is 4.75. The Kier molecular flexibility index (Phi) is 44.2. The van der Waals surface area contributed by atoms with Gasteiger partial charge in [0.05, 0.1) is 39.9 Å². The molecule has 370 valence electrons. The molecule has 0 aromatic heterocycles. The fourth-order valence-electron chi connectivity index (χ4n) is 7.08. The predicted molar refractivity (Wildman–Crippen MR) is 276 cm³/mol. The van der Waals surface area contributed by atoms with Gasteiger partial charge < -0.3 is 19.8 Å². The van der Waals surface area contributed by atoms with Crippen LogP contribution in [0.2, 0.25) is 0 Å². The number of likely N-dealkylation sites (N-methyl/N-ethyl adjacent to an activating group) is 1. The van der Waals surface area contributed by atoms with Crippen molar-refractivity contribution in [3.8, 4) is 0 Å². The minimum absolute atomic E-state index is 0.0680. The zero-order chi connectivity index (χ0) is 47.1. The van der Waals surface area contributed by atoms with Crippen molar-refractivity contribution in [3.05, 3.63) is 85.1 Å². The molecule has 0 bridgehead atoms. The Morgan fingerprint density at radius 3 is 1.38 bits per heavy atom. The van der Waals surface area contributed by atoms with E-state index < -0.39 is 20.0 Å². The van der Waals surface area contributed by atoms with Crippen LogP contribution in [-0.4, -0.2) is 73.4 Å². The molecule has 0 saturated carbocycles. The van der Waals surface area contributed by atoms with E-state index in [0.717, 1.165) is 96.3 Å². The molecule has 0 spiro atoms. The number of hydrogen-bond acceptors (Lipinski definition) is 5. The lowest BCUT2D eigenvalue weighted by Crippen LogP contribution is -2.46. The topological polar surface area (TPSA) is 105 Å². The Bertz CT molecular complexity index is 1310. The number of phosphoric ester groups is 1. The predicted octanol–water partition coefficient (Wildman–Crippen LogP) is 15.3. The maximum Gasteiger partial charge on any atom is 0.472 e. The Morgan fingerprint density at radius 2 is 0.938 bits per heavy atom. The van der Waals surface area contributed by atoms with Gasteiger partial charge in [-0.25, -0.2) is 4.57 Å². The highest BCUT2D eigenvalue weighted by Gasteiger charge is 2.28. The monoisotopic (exact) mass is 916 g/mol. The van der Waals surface area contributed by atoms with Crippen molar-refractivity contribution >= 4 is 13.7 Å². The maximum absolute atomic E-state index is 12.9. The van der Waals surface area contributed by atoms with Crippen molar-refractivity contribution in [1.29, 1.82) is 0 Å². The molecule has 0 aromatic rings. The quantitative estimate of drug-likeness (QED) is 0.0243. The van der Waals surface area contributed by atoms with Crippen molar-refractivity contribution in [2.75, 3.05) is 40.9 Å². The normalized spacial score (nSPS) is 14.8. The smallest absolute Gasteiger partial charge is 0.391 e. The third-order valence-electron chi connectivity index (χ3n) is 11.2. The van der Waals surface area contributed by atoms with E-state index in [1.807, 2.05) is 21.1 Å². The van der Waals surface area contributed by atoms with E-state index in [4.69, 9.17) is 9.05 Å². The molecule has 0 aliphatic heterocycles. The Hall–Kier alpha value is -2.32. The zero-order valence-corrected chi connectivity index (χ0v) is 42.9. The van der Waals surface area contributed by atoms with Crippen molar-refractivity contribution in [2.45, 2.75) is 219 Å². The second-order valence-electron chi connectivity index (χ2n) is 18.5. The van der Waals surface area contributed by atoms with E-state index in [1.54, 1.807) is 0 Å². The molecule has 0 aliphatic rings. The molecule has 0 rings (SSSR count). The fraction of sp³-hybridized carbons (Fsp3) is 0.727. The van der Waals surface area contributed by atoms with Gasteiger partial charge in [-0.2, -0.15) is 0 Å². The number of nitrogens with zero attached hydrogens (tertiary/aromatic N) is 1. The standard InChI is InChI=1S/C55H99N2O6P/c1-6-8-10-12-14-16-18-20-21-22-23-24-25-26-27-28-29-30-31-32-33-34-35-37-39-41-43-45-47-49-55(59)56-53(52-63-64(60,61)62-51-50-57(3,4)5)54(58)48-46-44-42-40-38-36-19-17-15-13-11-9-7-2/h8,10,14,16,20-21,23-24,26-27,29-30,32-33,53-54,58H,6-7,9,11-13,15,17-19,22,25,28,31,34-52H2,1-5H3,(H-,56,59,60,61)/p+1/b10-8-,16-14-,21-20-,24-23-,27-26-,30-29-,33-32-. The molecule has 0 saturated heterocycles. The number of allylic oxidation sites excluding steroid dienone is 14. The van der Waals surface area contributed by atoms with Crippen LogP contribution in [0.3, 0.4) is 0 Å². The van der Waals surface area contributed by atoms with E-state index in [2.05, 4.69) is 104 Å². The lowest BCUT2D eigenvalue weighted by Gasteiger charge is -2.26. The summed E-state index contributed by atoms with van der Waals surface area (Å²) in [5.74, 6) is -0.160. The van der Waals surface area contributed by atoms with Crippen LogP contribution < -0.4 is 5.32 Å². The summed E-state index contributed by atoms with van der Waals surface area (Å²) in [5, 5.41) is 14.0. The summed E-state index contributed by atoms with van der Waals surface area (Å²) in [4.78, 5) is 23.2. The molecule has 3 N–H and O–H groups in total. The number of quaternary nitrogens is 1. The summed E-state index contributed by atoms with van der Waals surface area (Å²) < 4.78 is 23.7. The lowest BCUT2D eigenvalue weighted by atomic mass is 10.0. The van der Waals surface area contributed by atoms with Gasteiger partial charge in [0.15, 0.2) is 0 Å². The third kappa shape index (κ3) is 47.6. The molecule has 0 heterocycles. The molecule has 9 heteroatoms. The van der Waals surface area contributed by atoms with Gasteiger partial charge in [-0.05, 0) is 70.6 Å². The third-order valence-corrected chi connectivity index (χ3v) is 12.1. The fourth-order valence-corrected chi connectivity index (χ4v) is 7.82. The summed E-state index contributed by atoms with van der Waals surface area (Å²) in [7, 11) is 1.60. The first-order valence-electron chi connectivity index (χ1n) is 26.0. The molecule has 1 amide bonds. The van der Waals surface area contributed by atoms with Crippen LogP contribution in [0.5, 0.6) is 0 Å². The number of unbranched alkanes of at least 4 members (excludes halogenated alkanes) is 19. The molecule has 0 aliphatic carbocycles. The van der Waals surface area contributed by atoms with Crippen molar-refractivity contribution < 1.29 is 32.9 Å². The van der Waals surface area contributed by atoms with Crippen molar-refractivity contribution in [2.24, 2.45) is 0 Å². The van der Waals surface area contributed by atoms with Gasteiger partial charge >= 0.3 is 7.82 Å². The average Bonchev–Trinajstić information content (AvgIpc) is 3.25. The van der Waals surface area contributed by atoms with Gasteiger partial charge in [0, 0.05) is 6.42 Å². The largest absolute Gasteiger partial charge is 0.472 e. The van der Waals surface area contributed by atoms with E-state index in [9.17, 15) is 19.4 Å². The molecule has 0 aromatic carbocycles. The molecule has 3 unspecified atom stereocenters. The number of carbonyl (C=O) groups excluding carboxylic acids is 1. The molecule has 0 radical (unpaired) electrons. The number of phosphoric acid groups is 1. The minimum Gasteiger partial charge on any atom is -0.391 e. The van der Waals surface area contributed by atoms with Gasteiger partial charge in [0.25, 0.3) is 0 Å². The first-order chi connectivity index (χ1) is 31.0. The SMILES string of the molecule is CC/C=C\C/C=C\C/C=C\C/C=C\C/C=C\C/C=C\C/C=C\CCCCCCCCCC(=O)NC(COP(=O)(O)OCC[N+](C)(C)C)C(O)CCCCCCCCCCCCCCC. The van der Waals surface area contributed by atoms with Gasteiger partial charge in [-0.1, -0.05) is 214 Å². The van der Waals surface area contributed by atoms with Gasteiger partial charge in [-0.3, -0.25) is 13.8 Å². The van der Waals surface area contributed by atoms with Crippen LogP contribution in [0.15, 0.2) is 85.1 Å². The van der Waals surface area contributed by atoms with Gasteiger partial charge in [0.2, 0.25) is 5.91 Å². The summed E-state index contributed by atoms with van der Waals surface area (Å²) >= 11 is 0. The molecule has 64 heavy (non-hydrogen) atoms. The number of amides is 1. The van der Waals surface area contributed by atoms with Crippen molar-refractivity contribution in [3.63, 3.8) is 0 Å². The summed E-state index contributed by atoms with van der Waals surface area (Å²) in [6.07, 6.45) is 63.3. The first-order valence-corrected chi connectivity index (χ1v) is 27.4. The van der Waals surface area contributed by atoms with Crippen molar-refractivity contribution in [1.82, 2.24) is 5.32 Å². The maximum atomic E-state index is 12.9. The lowest BCUT2D eigenvalue weighted by molar-refractivity contribution is -0.870. The molecule has 0 fully saturated rings. The molecule has 8 nitrogen and oxygen atoms in total. The highest BCUT2D eigenvalue weighted by molar-refractivity contribution is 7.47. The zero-order valence-electron chi connectivity index (χ0n) is 42.0. The number of nitrogens with one attached hydrogen (secondary N) is 1. The number of rotatable bonds is 46. The minimum atomic E-state index is -4.33. The number of aliphatic hydroxyl groups excluding tert-OH is 1. The first kappa shape index (κ1) is 61.7. The van der Waals surface area contributed by atoms with Crippen LogP contribution in [0.4, 0.5) is 0 Å². The van der Waals surface area contributed by atoms with E-state index >= 15 is 0 Å². The number of aliphatic hydroxyl groups is 1. The van der Waals surface area contributed by atoms with E-state index in [0.29, 0.717) is 23.9 Å².